The summed E-state index contributed by atoms with van der Waals surface area (Å²) in [5.41, 5.74) is 2.62. The van der Waals surface area contributed by atoms with Gasteiger partial charge in [-0.25, -0.2) is 4.98 Å². The molecule has 0 N–H and O–H groups in total. The number of rotatable bonds is 6. The van der Waals surface area contributed by atoms with Gasteiger partial charge in [-0.2, -0.15) is 0 Å². The second-order valence-corrected chi connectivity index (χ2v) is 6.57. The minimum absolute atomic E-state index is 0.174. The molecule has 0 unspecified atom stereocenters. The number of aryl methyl sites for hydroxylation is 1. The van der Waals surface area contributed by atoms with Crippen molar-refractivity contribution in [2.45, 2.75) is 20.3 Å². The summed E-state index contributed by atoms with van der Waals surface area (Å²) in [7, 11) is 1.60. The first-order valence-corrected chi connectivity index (χ1v) is 9.08. The van der Waals surface area contributed by atoms with E-state index in [0.29, 0.717) is 34.5 Å². The molecule has 0 aliphatic heterocycles. The smallest absolute Gasteiger partial charge is 0.258 e. The molecule has 3 aromatic rings. The number of pyridine rings is 1. The van der Waals surface area contributed by atoms with Gasteiger partial charge in [0.15, 0.2) is 11.5 Å². The maximum Gasteiger partial charge on any atom is 0.258 e. The van der Waals surface area contributed by atoms with Crippen LogP contribution >= 0.6 is 11.6 Å². The maximum atomic E-state index is 12.4. The van der Waals surface area contributed by atoms with E-state index in [9.17, 15) is 4.79 Å². The molecular weight excluding hydrogens is 364 g/mol. The molecule has 0 amide bonds. The average Bonchev–Trinajstić information content (AvgIpc) is 2.66. The van der Waals surface area contributed by atoms with E-state index in [0.717, 1.165) is 17.5 Å². The highest BCUT2D eigenvalue weighted by Crippen LogP contribution is 2.30. The quantitative estimate of drug-likeness (QED) is 0.626. The number of hydrogen-bond donors (Lipinski definition) is 0. The van der Waals surface area contributed by atoms with Crippen LogP contribution in [0.1, 0.15) is 30.2 Å². The molecule has 0 aliphatic carbocycles. The molecule has 0 saturated carbocycles. The van der Waals surface area contributed by atoms with Gasteiger partial charge >= 0.3 is 0 Å². The number of aromatic nitrogens is 2. The van der Waals surface area contributed by atoms with Crippen molar-refractivity contribution >= 4 is 28.4 Å². The van der Waals surface area contributed by atoms with Crippen molar-refractivity contribution in [3.05, 3.63) is 69.8 Å². The summed E-state index contributed by atoms with van der Waals surface area (Å²) in [6.07, 6.45) is 4.41. The van der Waals surface area contributed by atoms with Crippen molar-refractivity contribution < 1.29 is 9.47 Å². The maximum absolute atomic E-state index is 12.4. The van der Waals surface area contributed by atoms with Gasteiger partial charge in [0, 0.05) is 12.3 Å². The van der Waals surface area contributed by atoms with E-state index in [4.69, 9.17) is 21.1 Å². The molecule has 140 valence electrons. The van der Waals surface area contributed by atoms with Crippen LogP contribution in [0.4, 0.5) is 0 Å². The minimum atomic E-state index is -0.174. The van der Waals surface area contributed by atoms with Crippen molar-refractivity contribution in [1.82, 2.24) is 9.38 Å². The third kappa shape index (κ3) is 4.31. The Hall–Kier alpha value is -2.79. The fourth-order valence-corrected chi connectivity index (χ4v) is 2.88. The van der Waals surface area contributed by atoms with Crippen molar-refractivity contribution in [3.8, 4) is 11.5 Å². The fraction of sp³-hybridized carbons (Fsp3) is 0.238. The lowest BCUT2D eigenvalue weighted by Gasteiger charge is -2.11. The lowest BCUT2D eigenvalue weighted by molar-refractivity contribution is 0.294. The lowest BCUT2D eigenvalue weighted by atomic mass is 10.1. The van der Waals surface area contributed by atoms with E-state index in [1.807, 2.05) is 38.1 Å². The summed E-state index contributed by atoms with van der Waals surface area (Å²) in [4.78, 5) is 16.9. The van der Waals surface area contributed by atoms with E-state index in [2.05, 4.69) is 4.98 Å². The van der Waals surface area contributed by atoms with Crippen molar-refractivity contribution in [2.75, 3.05) is 13.7 Å². The molecular formula is C21H21ClN2O3. The molecule has 0 aliphatic rings. The summed E-state index contributed by atoms with van der Waals surface area (Å²) < 4.78 is 12.6. The fourth-order valence-electron chi connectivity index (χ4n) is 2.66. The Morgan fingerprint density at radius 1 is 1.22 bits per heavy atom. The Morgan fingerprint density at radius 3 is 2.78 bits per heavy atom. The number of methoxy groups -OCH3 is 1. The van der Waals surface area contributed by atoms with Crippen LogP contribution in [0.2, 0.25) is 0 Å². The molecule has 0 fully saturated rings. The first-order chi connectivity index (χ1) is 13.0. The van der Waals surface area contributed by atoms with Crippen LogP contribution in [0.3, 0.4) is 0 Å². The molecule has 2 aromatic heterocycles. The van der Waals surface area contributed by atoms with Crippen LogP contribution in [0.5, 0.6) is 11.5 Å². The van der Waals surface area contributed by atoms with Crippen LogP contribution in [-0.4, -0.2) is 23.1 Å². The van der Waals surface area contributed by atoms with Gasteiger partial charge in [0.05, 0.1) is 24.4 Å². The van der Waals surface area contributed by atoms with Crippen LogP contribution in [0, 0.1) is 6.92 Å². The SMILES string of the molecule is CCCOc1cc(/C=C(\Cl)c2cc(=O)n3cc(C)ccc3n2)ccc1OC. The zero-order valence-corrected chi connectivity index (χ0v) is 16.3. The van der Waals surface area contributed by atoms with E-state index < -0.39 is 0 Å². The summed E-state index contributed by atoms with van der Waals surface area (Å²) >= 11 is 6.45. The first-order valence-electron chi connectivity index (χ1n) is 8.70. The summed E-state index contributed by atoms with van der Waals surface area (Å²) in [5.74, 6) is 1.31. The predicted octanol–water partition coefficient (Wildman–Crippen LogP) is 4.54. The number of hydrogen-bond acceptors (Lipinski definition) is 4. The molecule has 0 saturated heterocycles. The van der Waals surface area contributed by atoms with Crippen LogP contribution in [0.25, 0.3) is 16.8 Å². The highest BCUT2D eigenvalue weighted by molar-refractivity contribution is 6.51. The van der Waals surface area contributed by atoms with Crippen molar-refractivity contribution in [2.24, 2.45) is 0 Å². The highest BCUT2D eigenvalue weighted by atomic mass is 35.5. The van der Waals surface area contributed by atoms with Crippen LogP contribution in [-0.2, 0) is 0 Å². The molecule has 0 atom stereocenters. The van der Waals surface area contributed by atoms with E-state index >= 15 is 0 Å². The first kappa shape index (κ1) is 19.0. The number of nitrogens with zero attached hydrogens (tertiary/aromatic N) is 2. The van der Waals surface area contributed by atoms with E-state index in [1.165, 1.54) is 10.5 Å². The van der Waals surface area contributed by atoms with Gasteiger partial charge in [-0.05, 0) is 48.7 Å². The molecule has 3 rings (SSSR count). The summed E-state index contributed by atoms with van der Waals surface area (Å²) in [6, 6.07) is 10.7. The zero-order valence-electron chi connectivity index (χ0n) is 15.5. The third-order valence-corrected chi connectivity index (χ3v) is 4.30. The normalized spacial score (nSPS) is 11.6. The predicted molar refractivity (Wildman–Crippen MR) is 109 cm³/mol. The molecule has 0 radical (unpaired) electrons. The Kier molecular flexibility index (Phi) is 5.81. The topological polar surface area (TPSA) is 52.8 Å². The Morgan fingerprint density at radius 2 is 2.04 bits per heavy atom. The second-order valence-electron chi connectivity index (χ2n) is 6.17. The summed E-state index contributed by atoms with van der Waals surface area (Å²) in [5, 5.41) is 0.377. The molecule has 27 heavy (non-hydrogen) atoms. The van der Waals surface area contributed by atoms with Gasteiger partial charge in [-0.3, -0.25) is 9.20 Å². The molecule has 2 heterocycles. The zero-order chi connectivity index (χ0) is 19.4. The molecule has 6 heteroatoms. The lowest BCUT2D eigenvalue weighted by Crippen LogP contribution is -2.15. The van der Waals surface area contributed by atoms with E-state index in [1.54, 1.807) is 25.4 Å². The van der Waals surface area contributed by atoms with E-state index in [-0.39, 0.29) is 5.56 Å². The Labute approximate surface area is 162 Å². The standard InChI is InChI=1S/C21H21ClN2O3/c1-4-9-27-19-11-15(6-7-18(19)26-3)10-16(22)17-12-21(25)24-13-14(2)5-8-20(24)23-17/h5-8,10-13H,4,9H2,1-3H3/b16-10-. The molecule has 0 spiro atoms. The average molecular weight is 385 g/mol. The van der Waals surface area contributed by atoms with Gasteiger partial charge in [-0.1, -0.05) is 30.7 Å². The van der Waals surface area contributed by atoms with Gasteiger partial charge in [0.2, 0.25) is 0 Å². The van der Waals surface area contributed by atoms with Crippen molar-refractivity contribution in [1.29, 1.82) is 0 Å². The Balaban J connectivity index is 1.99. The molecule has 0 bridgehead atoms. The largest absolute Gasteiger partial charge is 0.493 e. The monoisotopic (exact) mass is 384 g/mol. The van der Waals surface area contributed by atoms with Gasteiger partial charge in [-0.15, -0.1) is 0 Å². The van der Waals surface area contributed by atoms with Crippen LogP contribution in [0.15, 0.2) is 47.4 Å². The van der Waals surface area contributed by atoms with Crippen LogP contribution < -0.4 is 15.0 Å². The number of ether oxygens (including phenoxy) is 2. The third-order valence-electron chi connectivity index (χ3n) is 3.99. The Bertz CT molecular complexity index is 1060. The van der Waals surface area contributed by atoms with Crippen molar-refractivity contribution in [3.63, 3.8) is 0 Å². The minimum Gasteiger partial charge on any atom is -0.493 e. The molecule has 1 aromatic carbocycles. The van der Waals surface area contributed by atoms with Gasteiger partial charge < -0.3 is 9.47 Å². The van der Waals surface area contributed by atoms with Gasteiger partial charge in [0.25, 0.3) is 5.56 Å². The second kappa shape index (κ2) is 8.27. The highest BCUT2D eigenvalue weighted by Gasteiger charge is 2.08. The van der Waals surface area contributed by atoms with Gasteiger partial charge in [0.1, 0.15) is 5.65 Å². The number of benzene rings is 1. The summed E-state index contributed by atoms with van der Waals surface area (Å²) in [6.45, 7) is 4.56. The number of halogens is 1. The number of fused-ring (bicyclic) bond motifs is 1. The molecule has 5 nitrogen and oxygen atoms in total.